The Kier molecular flexibility index (Phi) is 6.76. The Morgan fingerprint density at radius 1 is 1.03 bits per heavy atom. The molecule has 0 saturated carbocycles. The number of aromatic nitrogens is 1. The number of amides is 2. The molecule has 7 nitrogen and oxygen atoms in total. The molecule has 3 aromatic rings. The number of hydrogen-bond donors (Lipinski definition) is 3. The van der Waals surface area contributed by atoms with Crippen LogP contribution in [0.4, 0.5) is 11.4 Å². The molecule has 0 aliphatic rings. The molecule has 0 fully saturated rings. The van der Waals surface area contributed by atoms with E-state index in [0.717, 1.165) is 5.69 Å². The Morgan fingerprint density at radius 3 is 2.27 bits per heavy atom. The molecule has 1 atom stereocenters. The van der Waals surface area contributed by atoms with E-state index in [1.807, 2.05) is 0 Å². The second-order valence-electron chi connectivity index (χ2n) is 6.36. The monoisotopic (exact) mass is 444 g/mol. The van der Waals surface area contributed by atoms with Gasteiger partial charge in [-0.05, 0) is 61.5 Å². The highest BCUT2D eigenvalue weighted by atomic mass is 35.5. The van der Waals surface area contributed by atoms with Gasteiger partial charge >= 0.3 is 0 Å². The average molecular weight is 445 g/mol. The molecule has 3 rings (SSSR count). The highest BCUT2D eigenvalue weighted by Gasteiger charge is 2.13. The number of pyridine rings is 1. The van der Waals surface area contributed by atoms with Gasteiger partial charge in [-0.2, -0.15) is 0 Å². The van der Waals surface area contributed by atoms with Crippen LogP contribution in [0, 0.1) is 0 Å². The zero-order valence-electron chi connectivity index (χ0n) is 15.9. The summed E-state index contributed by atoms with van der Waals surface area (Å²) in [6.45, 7) is 1.73. The smallest absolute Gasteiger partial charge is 0.248 e. The van der Waals surface area contributed by atoms with Crippen LogP contribution in [0.15, 0.2) is 60.8 Å². The molecular formula is C21H18Cl2N4O3. The third-order valence-corrected chi connectivity index (χ3v) is 4.53. The van der Waals surface area contributed by atoms with E-state index >= 15 is 0 Å². The highest BCUT2D eigenvalue weighted by Crippen LogP contribution is 2.29. The quantitative estimate of drug-likeness (QED) is 0.488. The summed E-state index contributed by atoms with van der Waals surface area (Å²) in [5, 5.41) is 6.60. The number of halogens is 2. The van der Waals surface area contributed by atoms with E-state index in [4.69, 9.17) is 33.7 Å². The van der Waals surface area contributed by atoms with Crippen LogP contribution < -0.4 is 21.1 Å². The van der Waals surface area contributed by atoms with Crippen LogP contribution in [-0.2, 0) is 4.79 Å². The third kappa shape index (κ3) is 5.62. The van der Waals surface area contributed by atoms with Gasteiger partial charge in [-0.3, -0.25) is 9.59 Å². The molecule has 0 radical (unpaired) electrons. The Labute approximate surface area is 183 Å². The highest BCUT2D eigenvalue weighted by molar-refractivity contribution is 6.35. The molecule has 0 aliphatic heterocycles. The molecule has 1 unspecified atom stereocenters. The maximum atomic E-state index is 12.4. The molecule has 2 amide bonds. The van der Waals surface area contributed by atoms with Crippen LogP contribution in [-0.4, -0.2) is 22.8 Å². The van der Waals surface area contributed by atoms with Crippen LogP contribution in [0.3, 0.4) is 0 Å². The van der Waals surface area contributed by atoms with Gasteiger partial charge < -0.3 is 21.1 Å². The Hall–Kier alpha value is -3.29. The molecule has 0 saturated heterocycles. The molecule has 4 N–H and O–H groups in total. The topological polar surface area (TPSA) is 106 Å². The lowest BCUT2D eigenvalue weighted by molar-refractivity contribution is -0.116. The zero-order chi connectivity index (χ0) is 21.7. The van der Waals surface area contributed by atoms with E-state index in [-0.39, 0.29) is 11.8 Å². The van der Waals surface area contributed by atoms with Crippen molar-refractivity contribution in [3.05, 3.63) is 76.4 Å². The van der Waals surface area contributed by atoms with Crippen molar-refractivity contribution in [2.75, 3.05) is 10.6 Å². The van der Waals surface area contributed by atoms with Crippen LogP contribution in [0.2, 0.25) is 10.0 Å². The van der Waals surface area contributed by atoms with Crippen molar-refractivity contribution in [3.8, 4) is 11.6 Å². The fourth-order valence-corrected chi connectivity index (χ4v) is 2.91. The lowest BCUT2D eigenvalue weighted by Crippen LogP contribution is -2.31. The van der Waals surface area contributed by atoms with Gasteiger partial charge in [0.25, 0.3) is 0 Å². The molecule has 0 aliphatic carbocycles. The van der Waals surface area contributed by atoms with Crippen LogP contribution >= 0.6 is 23.2 Å². The minimum Gasteiger partial charge on any atom is -0.438 e. The third-order valence-electron chi connectivity index (χ3n) is 4.06. The first-order valence-electron chi connectivity index (χ1n) is 8.88. The van der Waals surface area contributed by atoms with Crippen molar-refractivity contribution in [1.82, 2.24) is 4.98 Å². The van der Waals surface area contributed by atoms with Crippen molar-refractivity contribution in [2.45, 2.75) is 13.0 Å². The number of rotatable bonds is 7. The number of nitrogens with one attached hydrogen (secondary N) is 2. The second-order valence-corrected chi connectivity index (χ2v) is 7.21. The number of primary amides is 1. The van der Waals surface area contributed by atoms with Crippen molar-refractivity contribution >= 4 is 46.4 Å². The Morgan fingerprint density at radius 2 is 1.67 bits per heavy atom. The first kappa shape index (κ1) is 21.4. The molecule has 1 aromatic heterocycles. The SMILES string of the molecule is CC(Nc1ccc(Oc2ncc(Cl)cc2Cl)cc1)C(=O)Nc1ccc(C(N)=O)cc1. The molecule has 2 aromatic carbocycles. The summed E-state index contributed by atoms with van der Waals surface area (Å²) in [6.07, 6.45) is 1.44. The van der Waals surface area contributed by atoms with Gasteiger partial charge in [0.05, 0.1) is 5.02 Å². The number of carbonyl (C=O) groups excluding carboxylic acids is 2. The zero-order valence-corrected chi connectivity index (χ0v) is 17.4. The molecular weight excluding hydrogens is 427 g/mol. The lowest BCUT2D eigenvalue weighted by Gasteiger charge is -2.16. The van der Waals surface area contributed by atoms with Gasteiger partial charge in [-0.15, -0.1) is 0 Å². The molecule has 30 heavy (non-hydrogen) atoms. The number of nitrogens with two attached hydrogens (primary N) is 1. The van der Waals surface area contributed by atoms with Crippen molar-refractivity contribution in [1.29, 1.82) is 0 Å². The summed E-state index contributed by atoms with van der Waals surface area (Å²) in [4.78, 5) is 27.5. The van der Waals surface area contributed by atoms with Gasteiger partial charge in [0, 0.05) is 23.1 Å². The van der Waals surface area contributed by atoms with E-state index in [0.29, 0.717) is 27.0 Å². The van der Waals surface area contributed by atoms with Gasteiger partial charge in [0.2, 0.25) is 17.7 Å². The summed E-state index contributed by atoms with van der Waals surface area (Å²) in [5.41, 5.74) is 6.87. The maximum absolute atomic E-state index is 12.4. The van der Waals surface area contributed by atoms with E-state index in [1.54, 1.807) is 61.5 Å². The van der Waals surface area contributed by atoms with E-state index < -0.39 is 11.9 Å². The van der Waals surface area contributed by atoms with E-state index in [9.17, 15) is 9.59 Å². The largest absolute Gasteiger partial charge is 0.438 e. The summed E-state index contributed by atoms with van der Waals surface area (Å²) in [5.74, 6) is 0.0181. The fraction of sp³-hybridized carbons (Fsp3) is 0.0952. The minimum absolute atomic E-state index is 0.237. The van der Waals surface area contributed by atoms with Crippen molar-refractivity contribution in [2.24, 2.45) is 5.73 Å². The number of hydrogen-bond acceptors (Lipinski definition) is 5. The van der Waals surface area contributed by atoms with E-state index in [1.165, 1.54) is 6.20 Å². The lowest BCUT2D eigenvalue weighted by atomic mass is 10.2. The molecule has 0 bridgehead atoms. The maximum Gasteiger partial charge on any atom is 0.248 e. The molecule has 154 valence electrons. The summed E-state index contributed by atoms with van der Waals surface area (Å²) in [6, 6.07) is 14.4. The normalized spacial score (nSPS) is 11.4. The Bertz CT molecular complexity index is 1060. The second kappa shape index (κ2) is 9.47. The average Bonchev–Trinajstić information content (AvgIpc) is 2.71. The number of ether oxygens (including phenoxy) is 1. The minimum atomic E-state index is -0.524. The molecule has 0 spiro atoms. The van der Waals surface area contributed by atoms with E-state index in [2.05, 4.69) is 15.6 Å². The standard InChI is InChI=1S/C21H18Cl2N4O3/c1-12(20(29)27-16-4-2-13(3-5-16)19(24)28)26-15-6-8-17(9-7-15)30-21-18(23)10-14(22)11-25-21/h2-12,26H,1H3,(H2,24,28)(H,27,29). The van der Waals surface area contributed by atoms with Gasteiger partial charge in [-0.1, -0.05) is 23.2 Å². The predicted octanol–water partition coefficient (Wildman–Crippen LogP) is 4.72. The molecule has 9 heteroatoms. The van der Waals surface area contributed by atoms with Crippen molar-refractivity contribution < 1.29 is 14.3 Å². The van der Waals surface area contributed by atoms with Crippen LogP contribution in [0.5, 0.6) is 11.6 Å². The van der Waals surface area contributed by atoms with Crippen LogP contribution in [0.1, 0.15) is 17.3 Å². The molecule has 1 heterocycles. The predicted molar refractivity (Wildman–Crippen MR) is 117 cm³/mol. The summed E-state index contributed by atoms with van der Waals surface area (Å²) >= 11 is 11.9. The van der Waals surface area contributed by atoms with Gasteiger partial charge in [-0.25, -0.2) is 4.98 Å². The fourth-order valence-electron chi connectivity index (χ4n) is 2.49. The number of anilines is 2. The Balaban J connectivity index is 1.57. The van der Waals surface area contributed by atoms with Gasteiger partial charge in [0.15, 0.2) is 0 Å². The first-order chi connectivity index (χ1) is 14.3. The van der Waals surface area contributed by atoms with Gasteiger partial charge in [0.1, 0.15) is 16.8 Å². The number of carbonyl (C=O) groups is 2. The van der Waals surface area contributed by atoms with Crippen LogP contribution in [0.25, 0.3) is 0 Å². The number of nitrogens with zero attached hydrogens (tertiary/aromatic N) is 1. The summed E-state index contributed by atoms with van der Waals surface area (Å²) in [7, 11) is 0. The number of benzene rings is 2. The first-order valence-corrected chi connectivity index (χ1v) is 9.63. The van der Waals surface area contributed by atoms with Crippen molar-refractivity contribution in [3.63, 3.8) is 0 Å². The summed E-state index contributed by atoms with van der Waals surface area (Å²) < 4.78 is 5.64.